The molecule has 0 fully saturated rings. The van der Waals surface area contributed by atoms with Gasteiger partial charge in [-0.15, -0.1) is 0 Å². The molecular formula is C16H16O4. The van der Waals surface area contributed by atoms with Crippen LogP contribution in [-0.2, 0) is 0 Å². The van der Waals surface area contributed by atoms with E-state index in [1.807, 2.05) is 18.2 Å². The van der Waals surface area contributed by atoms with Crippen molar-refractivity contribution in [1.82, 2.24) is 0 Å². The summed E-state index contributed by atoms with van der Waals surface area (Å²) >= 11 is 0. The van der Waals surface area contributed by atoms with Crippen molar-refractivity contribution in [2.45, 2.75) is 0 Å². The molecule has 0 aliphatic carbocycles. The molecular weight excluding hydrogens is 256 g/mol. The highest BCUT2D eigenvalue weighted by atomic mass is 16.5. The van der Waals surface area contributed by atoms with Gasteiger partial charge in [-0.05, 0) is 6.07 Å². The van der Waals surface area contributed by atoms with Crippen LogP contribution < -0.4 is 14.2 Å². The molecule has 20 heavy (non-hydrogen) atoms. The standard InChI is InChI=1S/C16H16O4/c1-18-12-9-13(16(20-3)14(10-12)19-2)15(17)11-7-5-4-6-8-11/h4-10H,1-3H3. The van der Waals surface area contributed by atoms with Crippen LogP contribution in [0.1, 0.15) is 15.9 Å². The zero-order valence-electron chi connectivity index (χ0n) is 11.7. The average molecular weight is 272 g/mol. The van der Waals surface area contributed by atoms with Crippen LogP contribution in [-0.4, -0.2) is 27.1 Å². The molecule has 0 saturated carbocycles. The van der Waals surface area contributed by atoms with Crippen molar-refractivity contribution in [3.8, 4) is 17.2 Å². The molecule has 0 radical (unpaired) electrons. The predicted molar refractivity (Wildman–Crippen MR) is 76.0 cm³/mol. The van der Waals surface area contributed by atoms with Crippen LogP contribution >= 0.6 is 0 Å². The highest BCUT2D eigenvalue weighted by Crippen LogP contribution is 2.36. The number of methoxy groups -OCH3 is 3. The fourth-order valence-electron chi connectivity index (χ4n) is 1.97. The lowest BCUT2D eigenvalue weighted by Gasteiger charge is -2.14. The number of ether oxygens (including phenoxy) is 3. The lowest BCUT2D eigenvalue weighted by atomic mass is 10.0. The summed E-state index contributed by atoms with van der Waals surface area (Å²) in [5.74, 6) is 1.27. The van der Waals surface area contributed by atoms with Crippen molar-refractivity contribution < 1.29 is 19.0 Å². The topological polar surface area (TPSA) is 44.8 Å². The summed E-state index contributed by atoms with van der Waals surface area (Å²) in [5.41, 5.74) is 0.996. The second-order valence-corrected chi connectivity index (χ2v) is 4.11. The minimum Gasteiger partial charge on any atom is -0.497 e. The first-order valence-corrected chi connectivity index (χ1v) is 6.11. The van der Waals surface area contributed by atoms with Crippen molar-refractivity contribution in [3.63, 3.8) is 0 Å². The number of hydrogen-bond acceptors (Lipinski definition) is 4. The first-order chi connectivity index (χ1) is 9.71. The molecule has 0 heterocycles. The van der Waals surface area contributed by atoms with Gasteiger partial charge in [0.15, 0.2) is 17.3 Å². The highest BCUT2D eigenvalue weighted by molar-refractivity contribution is 6.11. The zero-order valence-corrected chi connectivity index (χ0v) is 11.7. The molecule has 4 nitrogen and oxygen atoms in total. The summed E-state index contributed by atoms with van der Waals surface area (Å²) in [6.07, 6.45) is 0. The van der Waals surface area contributed by atoms with Gasteiger partial charge in [0.1, 0.15) is 5.75 Å². The van der Waals surface area contributed by atoms with Crippen molar-refractivity contribution >= 4 is 5.78 Å². The van der Waals surface area contributed by atoms with Crippen LogP contribution in [0.25, 0.3) is 0 Å². The maximum absolute atomic E-state index is 12.6. The van der Waals surface area contributed by atoms with E-state index in [1.165, 1.54) is 21.3 Å². The fraction of sp³-hybridized carbons (Fsp3) is 0.188. The number of carbonyl (C=O) groups excluding carboxylic acids is 1. The van der Waals surface area contributed by atoms with Crippen molar-refractivity contribution in [2.75, 3.05) is 21.3 Å². The molecule has 0 spiro atoms. The maximum Gasteiger partial charge on any atom is 0.197 e. The van der Waals surface area contributed by atoms with E-state index in [-0.39, 0.29) is 5.78 Å². The summed E-state index contributed by atoms with van der Waals surface area (Å²) in [7, 11) is 4.57. The first-order valence-electron chi connectivity index (χ1n) is 6.11. The lowest BCUT2D eigenvalue weighted by molar-refractivity contribution is 0.103. The molecule has 4 heteroatoms. The quantitative estimate of drug-likeness (QED) is 0.785. The second kappa shape index (κ2) is 6.10. The van der Waals surface area contributed by atoms with E-state index >= 15 is 0 Å². The van der Waals surface area contributed by atoms with Gasteiger partial charge in [-0.3, -0.25) is 4.79 Å². The Kier molecular flexibility index (Phi) is 4.25. The molecule has 0 bridgehead atoms. The van der Waals surface area contributed by atoms with Crippen LogP contribution in [0.3, 0.4) is 0 Å². The van der Waals surface area contributed by atoms with E-state index in [9.17, 15) is 4.79 Å². The maximum atomic E-state index is 12.6. The summed E-state index contributed by atoms with van der Waals surface area (Å²) in [6.45, 7) is 0. The Hall–Kier alpha value is -2.49. The lowest BCUT2D eigenvalue weighted by Crippen LogP contribution is -2.06. The summed E-state index contributed by atoms with van der Waals surface area (Å²) in [6, 6.07) is 12.3. The van der Waals surface area contributed by atoms with Crippen LogP contribution in [0.2, 0.25) is 0 Å². The van der Waals surface area contributed by atoms with E-state index in [4.69, 9.17) is 14.2 Å². The van der Waals surface area contributed by atoms with Crippen LogP contribution in [0.5, 0.6) is 17.2 Å². The largest absolute Gasteiger partial charge is 0.497 e. The van der Waals surface area contributed by atoms with E-state index in [0.717, 1.165) is 0 Å². The van der Waals surface area contributed by atoms with Gasteiger partial charge in [0.05, 0.1) is 26.9 Å². The monoisotopic (exact) mass is 272 g/mol. The second-order valence-electron chi connectivity index (χ2n) is 4.11. The van der Waals surface area contributed by atoms with Gasteiger partial charge in [0.2, 0.25) is 0 Å². The third-order valence-corrected chi connectivity index (χ3v) is 2.97. The van der Waals surface area contributed by atoms with Crippen molar-refractivity contribution in [3.05, 3.63) is 53.6 Å². The summed E-state index contributed by atoms with van der Waals surface area (Å²) in [4.78, 5) is 12.6. The molecule has 2 rings (SSSR count). The smallest absolute Gasteiger partial charge is 0.197 e. The molecule has 0 N–H and O–H groups in total. The normalized spacial score (nSPS) is 9.95. The van der Waals surface area contributed by atoms with E-state index in [0.29, 0.717) is 28.4 Å². The molecule has 2 aromatic rings. The van der Waals surface area contributed by atoms with Gasteiger partial charge >= 0.3 is 0 Å². The van der Waals surface area contributed by atoms with Crippen molar-refractivity contribution in [1.29, 1.82) is 0 Å². The van der Waals surface area contributed by atoms with Crippen LogP contribution in [0, 0.1) is 0 Å². The number of benzene rings is 2. The Morgan fingerprint density at radius 2 is 1.60 bits per heavy atom. The van der Waals surface area contributed by atoms with Crippen molar-refractivity contribution in [2.24, 2.45) is 0 Å². The van der Waals surface area contributed by atoms with E-state index in [2.05, 4.69) is 0 Å². The minimum atomic E-state index is -0.139. The average Bonchev–Trinajstić information content (AvgIpc) is 2.53. The Labute approximate surface area is 117 Å². The molecule has 0 aliphatic rings. The van der Waals surface area contributed by atoms with Gasteiger partial charge in [-0.1, -0.05) is 30.3 Å². The predicted octanol–water partition coefficient (Wildman–Crippen LogP) is 2.94. The first kappa shape index (κ1) is 13.9. The Bertz CT molecular complexity index is 605. The number of ketones is 1. The molecule has 0 aromatic heterocycles. The number of hydrogen-bond donors (Lipinski definition) is 0. The highest BCUT2D eigenvalue weighted by Gasteiger charge is 2.20. The van der Waals surface area contributed by atoms with Gasteiger partial charge in [0.25, 0.3) is 0 Å². The van der Waals surface area contributed by atoms with Crippen LogP contribution in [0.15, 0.2) is 42.5 Å². The molecule has 0 amide bonds. The summed E-state index contributed by atoms with van der Waals surface area (Å²) < 4.78 is 15.8. The molecule has 0 saturated heterocycles. The molecule has 0 atom stereocenters. The number of carbonyl (C=O) groups is 1. The van der Waals surface area contributed by atoms with Crippen LogP contribution in [0.4, 0.5) is 0 Å². The van der Waals surface area contributed by atoms with Gasteiger partial charge in [0, 0.05) is 11.6 Å². The van der Waals surface area contributed by atoms with Gasteiger partial charge < -0.3 is 14.2 Å². The van der Waals surface area contributed by atoms with E-state index in [1.54, 1.807) is 24.3 Å². The molecule has 2 aromatic carbocycles. The van der Waals surface area contributed by atoms with E-state index < -0.39 is 0 Å². The fourth-order valence-corrected chi connectivity index (χ4v) is 1.97. The Morgan fingerprint density at radius 3 is 2.15 bits per heavy atom. The van der Waals surface area contributed by atoms with Gasteiger partial charge in [-0.2, -0.15) is 0 Å². The molecule has 0 aliphatic heterocycles. The molecule has 0 unspecified atom stereocenters. The summed E-state index contributed by atoms with van der Waals surface area (Å²) in [5, 5.41) is 0. The third kappa shape index (κ3) is 2.59. The number of rotatable bonds is 5. The Morgan fingerprint density at radius 1 is 0.900 bits per heavy atom. The Balaban J connectivity index is 2.57. The van der Waals surface area contributed by atoms with Gasteiger partial charge in [-0.25, -0.2) is 0 Å². The third-order valence-electron chi connectivity index (χ3n) is 2.97. The zero-order chi connectivity index (χ0) is 14.5. The minimum absolute atomic E-state index is 0.139. The SMILES string of the molecule is COc1cc(OC)c(OC)c(C(=O)c2ccccc2)c1. The molecule has 104 valence electrons.